The molecule has 0 amide bonds. The first-order valence-electron chi connectivity index (χ1n) is 13.9. The molecule has 0 radical (unpaired) electrons. The molecule has 1 aliphatic heterocycles. The van der Waals surface area contributed by atoms with Crippen LogP contribution in [0.25, 0.3) is 0 Å². The van der Waals surface area contributed by atoms with Crippen molar-refractivity contribution in [1.82, 2.24) is 5.32 Å². The van der Waals surface area contributed by atoms with Crippen LogP contribution in [0.3, 0.4) is 0 Å². The van der Waals surface area contributed by atoms with Gasteiger partial charge in [-0.2, -0.15) is 8.42 Å². The van der Waals surface area contributed by atoms with Crippen LogP contribution in [0.4, 0.5) is 0 Å². The predicted octanol–water partition coefficient (Wildman–Crippen LogP) is 7.08. The zero-order chi connectivity index (χ0) is 26.6. The number of alkyl halides is 1. The van der Waals surface area contributed by atoms with Crippen LogP contribution in [0.2, 0.25) is 0 Å². The van der Waals surface area contributed by atoms with E-state index in [0.717, 1.165) is 25.3 Å². The molecule has 3 atom stereocenters. The number of aliphatic hydroxyl groups is 1. The van der Waals surface area contributed by atoms with E-state index in [4.69, 9.17) is 4.55 Å². The van der Waals surface area contributed by atoms with Crippen molar-refractivity contribution in [2.24, 2.45) is 16.8 Å². The zero-order valence-electron chi connectivity index (χ0n) is 22.7. The topological polar surface area (TPSA) is 108 Å². The van der Waals surface area contributed by atoms with E-state index in [0.29, 0.717) is 5.92 Å². The highest BCUT2D eigenvalue weighted by Gasteiger charge is 2.35. The smallest absolute Gasteiger partial charge is 0.379 e. The third-order valence-corrected chi connectivity index (χ3v) is 7.83. The van der Waals surface area contributed by atoms with Gasteiger partial charge in [0.2, 0.25) is 0 Å². The third kappa shape index (κ3) is 20.7. The van der Waals surface area contributed by atoms with Crippen molar-refractivity contribution in [3.63, 3.8) is 0 Å². The molecule has 210 valence electrons. The standard InChI is InChI=1S/C24H47IN2O.C2H6O4S/c1-4-6-7-8-9-10-11-12-13-14-15-16-17-21(5-2)20-22(24(3,25)28)23-26-18-19-27-23;1-2-6-7(3,4)5/h21-22,28H,4-20H2,1-3H3,(H,26,27);2H2,1H3,(H,3,4,5). The minimum absolute atomic E-state index is 0.0289. The number of aliphatic imine (C=N–C) groups is 1. The number of amidine groups is 1. The van der Waals surface area contributed by atoms with Gasteiger partial charge in [0.1, 0.15) is 9.44 Å². The van der Waals surface area contributed by atoms with E-state index in [1.165, 1.54) is 96.8 Å². The van der Waals surface area contributed by atoms with Gasteiger partial charge in [-0.15, -0.1) is 0 Å². The van der Waals surface area contributed by atoms with Crippen LogP contribution >= 0.6 is 22.6 Å². The highest BCUT2D eigenvalue weighted by atomic mass is 127. The molecule has 0 saturated carbocycles. The maximum atomic E-state index is 10.6. The second-order valence-corrected chi connectivity index (χ2v) is 13.1. The van der Waals surface area contributed by atoms with E-state index in [1.54, 1.807) is 0 Å². The number of nitrogens with one attached hydrogen (secondary N) is 1. The molecule has 1 rings (SSSR count). The molecule has 0 saturated heterocycles. The summed E-state index contributed by atoms with van der Waals surface area (Å²) < 4.78 is 29.9. The Balaban J connectivity index is 0.00000143. The number of unbranched alkanes of at least 4 members (excludes halogenated alkanes) is 11. The van der Waals surface area contributed by atoms with E-state index in [-0.39, 0.29) is 12.5 Å². The average molecular weight is 633 g/mol. The minimum Gasteiger partial charge on any atom is -0.379 e. The highest BCUT2D eigenvalue weighted by molar-refractivity contribution is 14.1. The first-order chi connectivity index (χ1) is 16.5. The first-order valence-corrected chi connectivity index (χ1v) is 16.3. The van der Waals surface area contributed by atoms with Crippen molar-refractivity contribution in [3.05, 3.63) is 0 Å². The molecule has 3 N–H and O–H groups in total. The molecule has 7 nitrogen and oxygen atoms in total. The number of hydrogen-bond donors (Lipinski definition) is 3. The van der Waals surface area contributed by atoms with E-state index < -0.39 is 14.0 Å². The maximum Gasteiger partial charge on any atom is 0.397 e. The number of nitrogens with zero attached hydrogens (tertiary/aromatic N) is 1. The lowest BCUT2D eigenvalue weighted by molar-refractivity contribution is 0.122. The molecular formula is C26H53IN2O5S. The molecule has 0 aromatic carbocycles. The monoisotopic (exact) mass is 632 g/mol. The van der Waals surface area contributed by atoms with E-state index >= 15 is 0 Å². The summed E-state index contributed by atoms with van der Waals surface area (Å²) in [6.45, 7) is 9.73. The predicted molar refractivity (Wildman–Crippen MR) is 156 cm³/mol. The summed E-state index contributed by atoms with van der Waals surface area (Å²) in [6, 6.07) is 0. The first kappa shape index (κ1) is 35.0. The molecule has 0 aromatic rings. The van der Waals surface area contributed by atoms with Crippen LogP contribution in [-0.4, -0.2) is 47.2 Å². The molecule has 0 spiro atoms. The van der Waals surface area contributed by atoms with Crippen LogP contribution < -0.4 is 5.32 Å². The van der Waals surface area contributed by atoms with Crippen molar-refractivity contribution in [2.45, 2.75) is 128 Å². The van der Waals surface area contributed by atoms with Gasteiger partial charge in [0.15, 0.2) is 0 Å². The van der Waals surface area contributed by atoms with E-state index in [2.05, 4.69) is 50.9 Å². The summed E-state index contributed by atoms with van der Waals surface area (Å²) in [7, 11) is -4.17. The molecule has 9 heteroatoms. The Morgan fingerprint density at radius 2 is 1.51 bits per heavy atom. The molecule has 0 aliphatic carbocycles. The Morgan fingerprint density at radius 3 is 1.86 bits per heavy atom. The van der Waals surface area contributed by atoms with Crippen LogP contribution in [-0.2, 0) is 14.6 Å². The lowest BCUT2D eigenvalue weighted by Gasteiger charge is -2.31. The van der Waals surface area contributed by atoms with Crippen molar-refractivity contribution >= 4 is 38.8 Å². The molecule has 3 unspecified atom stereocenters. The van der Waals surface area contributed by atoms with Gasteiger partial charge in [-0.25, -0.2) is 4.18 Å². The van der Waals surface area contributed by atoms with Gasteiger partial charge in [-0.3, -0.25) is 9.55 Å². The largest absolute Gasteiger partial charge is 0.397 e. The molecule has 0 fully saturated rings. The van der Waals surface area contributed by atoms with Gasteiger partial charge in [-0.05, 0) is 48.8 Å². The summed E-state index contributed by atoms with van der Waals surface area (Å²) in [6.07, 6.45) is 20.5. The van der Waals surface area contributed by atoms with E-state index in [1.807, 2.05) is 6.92 Å². The Morgan fingerprint density at radius 1 is 1.00 bits per heavy atom. The lowest BCUT2D eigenvalue weighted by Crippen LogP contribution is -2.40. The summed E-state index contributed by atoms with van der Waals surface area (Å²) >= 11 is 2.19. The Hall–Kier alpha value is 0.0300. The van der Waals surface area contributed by atoms with Crippen LogP contribution in [0.1, 0.15) is 124 Å². The quantitative estimate of drug-likeness (QED) is 0.0573. The van der Waals surface area contributed by atoms with Gasteiger partial charge < -0.3 is 10.4 Å². The van der Waals surface area contributed by atoms with Gasteiger partial charge in [0.25, 0.3) is 0 Å². The third-order valence-electron chi connectivity index (χ3n) is 6.55. The van der Waals surface area contributed by atoms with Gasteiger partial charge in [0.05, 0.1) is 19.1 Å². The van der Waals surface area contributed by atoms with Crippen LogP contribution in [0, 0.1) is 11.8 Å². The van der Waals surface area contributed by atoms with Crippen molar-refractivity contribution in [2.75, 3.05) is 19.7 Å². The summed E-state index contributed by atoms with van der Waals surface area (Å²) in [4.78, 5) is 4.60. The fourth-order valence-corrected chi connectivity index (χ4v) is 5.32. The van der Waals surface area contributed by atoms with Crippen molar-refractivity contribution in [1.29, 1.82) is 0 Å². The van der Waals surface area contributed by atoms with Gasteiger partial charge in [-0.1, -0.05) is 104 Å². The Labute approximate surface area is 229 Å². The average Bonchev–Trinajstić information content (AvgIpc) is 3.29. The minimum atomic E-state index is -4.17. The van der Waals surface area contributed by atoms with Crippen LogP contribution in [0.5, 0.6) is 0 Å². The SMILES string of the molecule is CCCCCCCCCCCCCCC(CC)CC(C1=NCCN1)C(C)(O)I.CCOS(=O)(=O)O. The van der Waals surface area contributed by atoms with E-state index in [9.17, 15) is 13.5 Å². The maximum absolute atomic E-state index is 10.6. The molecule has 1 heterocycles. The van der Waals surface area contributed by atoms with Gasteiger partial charge >= 0.3 is 10.4 Å². The molecule has 0 aromatic heterocycles. The summed E-state index contributed by atoms with van der Waals surface area (Å²) in [5.41, 5.74) is 0. The summed E-state index contributed by atoms with van der Waals surface area (Å²) in [5, 5.41) is 14.0. The molecule has 0 bridgehead atoms. The zero-order valence-corrected chi connectivity index (χ0v) is 25.7. The Bertz CT molecular complexity index is 638. The second kappa shape index (κ2) is 21.0. The molecular weight excluding hydrogens is 579 g/mol. The van der Waals surface area contributed by atoms with Gasteiger partial charge in [0, 0.05) is 6.54 Å². The number of halogens is 1. The Kier molecular flexibility index (Phi) is 21.0. The lowest BCUT2D eigenvalue weighted by atomic mass is 9.85. The fraction of sp³-hybridized carbons (Fsp3) is 0.962. The molecule has 1 aliphatic rings. The van der Waals surface area contributed by atoms with Crippen molar-refractivity contribution < 1.29 is 22.3 Å². The number of rotatable bonds is 20. The van der Waals surface area contributed by atoms with Crippen molar-refractivity contribution in [3.8, 4) is 0 Å². The summed E-state index contributed by atoms with van der Waals surface area (Å²) in [5.74, 6) is 1.87. The fourth-order valence-electron chi connectivity index (χ4n) is 4.47. The highest BCUT2D eigenvalue weighted by Crippen LogP contribution is 2.34. The normalized spacial score (nSPS) is 17.1. The second-order valence-electron chi connectivity index (χ2n) is 9.79. The van der Waals surface area contributed by atoms with Crippen LogP contribution in [0.15, 0.2) is 4.99 Å². The number of hydrogen-bond acceptors (Lipinski definition) is 6. The molecule has 35 heavy (non-hydrogen) atoms.